The molecule has 2 fully saturated rings. The highest BCUT2D eigenvalue weighted by atomic mass is 16.4. The largest absolute Gasteiger partial charge is 0.478 e. The van der Waals surface area contributed by atoms with Crippen LogP contribution in [0, 0.1) is 17.8 Å². The number of likely N-dealkylation sites (N-methyl/N-ethyl adjacent to an activating group) is 1. The van der Waals surface area contributed by atoms with Crippen LogP contribution in [0.3, 0.4) is 0 Å². The number of piperidine rings is 1. The van der Waals surface area contributed by atoms with Crippen molar-refractivity contribution in [3.8, 4) is 0 Å². The summed E-state index contributed by atoms with van der Waals surface area (Å²) in [5, 5.41) is 22.1. The van der Waals surface area contributed by atoms with Crippen molar-refractivity contribution in [1.82, 2.24) is 26.2 Å². The molecule has 2 aliphatic rings. The standard InChI is InChI=1S/C29H51N5O5/c1-6-31-27(36)24-11-8-18-34(24)28(37)25(20(4)5)33-26(35)23(10-7-9-22(19(2)3)29(38)39)32-17-14-21-12-15-30-16-13-21/h9,19-21,23-25,30,32H,6-8,10-18H2,1-5H3,(H,31,36)(H,33,35)(H,38,39)/t23-,24-,25-/m0/s1. The highest BCUT2D eigenvalue weighted by molar-refractivity contribution is 5.93. The van der Waals surface area contributed by atoms with Gasteiger partial charge in [-0.2, -0.15) is 0 Å². The van der Waals surface area contributed by atoms with Crippen LogP contribution in [0.5, 0.6) is 0 Å². The Hall–Kier alpha value is -2.46. The Morgan fingerprint density at radius 1 is 1.08 bits per heavy atom. The smallest absolute Gasteiger partial charge is 0.331 e. The number of carboxylic acids is 1. The average molecular weight is 550 g/mol. The van der Waals surface area contributed by atoms with Crippen LogP contribution in [0.25, 0.3) is 0 Å². The molecule has 222 valence electrons. The van der Waals surface area contributed by atoms with E-state index in [1.807, 2.05) is 34.6 Å². The van der Waals surface area contributed by atoms with Gasteiger partial charge in [0.1, 0.15) is 12.1 Å². The fraction of sp³-hybridized carbons (Fsp3) is 0.793. The summed E-state index contributed by atoms with van der Waals surface area (Å²) in [5.41, 5.74) is 0.338. The topological polar surface area (TPSA) is 140 Å². The monoisotopic (exact) mass is 549 g/mol. The van der Waals surface area contributed by atoms with Gasteiger partial charge in [0.05, 0.1) is 6.04 Å². The molecule has 3 atom stereocenters. The van der Waals surface area contributed by atoms with Crippen molar-refractivity contribution < 1.29 is 24.3 Å². The fourth-order valence-electron chi connectivity index (χ4n) is 5.47. The molecule has 0 aromatic carbocycles. The Morgan fingerprint density at radius 2 is 1.77 bits per heavy atom. The lowest BCUT2D eigenvalue weighted by Gasteiger charge is -2.31. The second kappa shape index (κ2) is 16.6. The maximum Gasteiger partial charge on any atom is 0.331 e. The number of nitrogens with one attached hydrogen (secondary N) is 4. The summed E-state index contributed by atoms with van der Waals surface area (Å²) in [6.45, 7) is 13.0. The maximum atomic E-state index is 13.6. The normalized spacial score (nSPS) is 20.2. The molecule has 0 aliphatic carbocycles. The second-order valence-corrected chi connectivity index (χ2v) is 11.5. The molecule has 0 saturated carbocycles. The van der Waals surface area contributed by atoms with Gasteiger partial charge < -0.3 is 31.3 Å². The van der Waals surface area contributed by atoms with Gasteiger partial charge in [0, 0.05) is 18.7 Å². The third kappa shape index (κ3) is 10.2. The number of carboxylic acid groups (broad SMARTS) is 1. The number of aliphatic carboxylic acids is 1. The van der Waals surface area contributed by atoms with E-state index < -0.39 is 24.1 Å². The number of carbonyl (C=O) groups is 4. The summed E-state index contributed by atoms with van der Waals surface area (Å²) >= 11 is 0. The zero-order valence-electron chi connectivity index (χ0n) is 24.6. The molecule has 10 heteroatoms. The number of amides is 3. The van der Waals surface area contributed by atoms with Crippen molar-refractivity contribution in [2.75, 3.05) is 32.7 Å². The minimum Gasteiger partial charge on any atom is -0.478 e. The van der Waals surface area contributed by atoms with Crippen LogP contribution in [-0.2, 0) is 19.2 Å². The summed E-state index contributed by atoms with van der Waals surface area (Å²) in [4.78, 5) is 52.9. The first kappa shape index (κ1) is 32.8. The molecule has 0 radical (unpaired) electrons. The molecule has 0 aromatic heterocycles. The van der Waals surface area contributed by atoms with Crippen LogP contribution in [0.1, 0.15) is 79.6 Å². The predicted molar refractivity (Wildman–Crippen MR) is 152 cm³/mol. The van der Waals surface area contributed by atoms with Gasteiger partial charge in [0.25, 0.3) is 0 Å². The predicted octanol–water partition coefficient (Wildman–Crippen LogP) is 2.05. The Morgan fingerprint density at radius 3 is 2.36 bits per heavy atom. The van der Waals surface area contributed by atoms with Gasteiger partial charge in [-0.05, 0) is 89.3 Å². The molecular formula is C29H51N5O5. The minimum atomic E-state index is -0.942. The van der Waals surface area contributed by atoms with Crippen molar-refractivity contribution in [2.45, 2.75) is 97.7 Å². The highest BCUT2D eigenvalue weighted by Gasteiger charge is 2.39. The van der Waals surface area contributed by atoms with E-state index in [9.17, 15) is 24.3 Å². The molecular weight excluding hydrogens is 498 g/mol. The molecule has 5 N–H and O–H groups in total. The van der Waals surface area contributed by atoms with E-state index in [4.69, 9.17) is 0 Å². The molecule has 0 unspecified atom stereocenters. The Labute approximate surface area is 234 Å². The summed E-state index contributed by atoms with van der Waals surface area (Å²) < 4.78 is 0. The van der Waals surface area contributed by atoms with Crippen LogP contribution in [0.15, 0.2) is 11.6 Å². The highest BCUT2D eigenvalue weighted by Crippen LogP contribution is 2.21. The quantitative estimate of drug-likeness (QED) is 0.197. The lowest BCUT2D eigenvalue weighted by molar-refractivity contribution is -0.142. The summed E-state index contributed by atoms with van der Waals surface area (Å²) in [6.07, 6.45) is 7.12. The first-order valence-electron chi connectivity index (χ1n) is 14.8. The Bertz CT molecular complexity index is 853. The van der Waals surface area contributed by atoms with Gasteiger partial charge in [-0.15, -0.1) is 0 Å². The van der Waals surface area contributed by atoms with Crippen LogP contribution in [0.4, 0.5) is 0 Å². The number of likely N-dealkylation sites (tertiary alicyclic amines) is 1. The SMILES string of the molecule is CCNC(=O)[C@@H]1CCCN1C(=O)[C@@H](NC(=O)[C@H](CCC=C(C(=O)O)C(C)C)NCCC1CCNCC1)C(C)C. The van der Waals surface area contributed by atoms with E-state index in [-0.39, 0.29) is 29.6 Å². The van der Waals surface area contributed by atoms with Gasteiger partial charge >= 0.3 is 5.97 Å². The van der Waals surface area contributed by atoms with Crippen LogP contribution < -0.4 is 21.3 Å². The zero-order chi connectivity index (χ0) is 28.9. The lowest BCUT2D eigenvalue weighted by atomic mass is 9.94. The zero-order valence-corrected chi connectivity index (χ0v) is 24.6. The number of carbonyl (C=O) groups excluding carboxylic acids is 3. The van der Waals surface area contributed by atoms with Gasteiger partial charge in [-0.1, -0.05) is 33.8 Å². The number of hydrogen-bond acceptors (Lipinski definition) is 6. The second-order valence-electron chi connectivity index (χ2n) is 11.5. The van der Waals surface area contributed by atoms with Gasteiger partial charge in [0.15, 0.2) is 0 Å². The van der Waals surface area contributed by atoms with E-state index in [2.05, 4.69) is 21.3 Å². The summed E-state index contributed by atoms with van der Waals surface area (Å²) in [7, 11) is 0. The van der Waals surface area contributed by atoms with E-state index in [0.717, 1.165) is 38.8 Å². The molecule has 2 heterocycles. The van der Waals surface area contributed by atoms with Crippen LogP contribution in [-0.4, -0.2) is 84.5 Å². The number of nitrogens with zero attached hydrogens (tertiary/aromatic N) is 1. The van der Waals surface area contributed by atoms with E-state index in [1.165, 1.54) is 0 Å². The lowest BCUT2D eigenvalue weighted by Crippen LogP contribution is -2.57. The van der Waals surface area contributed by atoms with E-state index in [0.29, 0.717) is 50.4 Å². The molecule has 0 spiro atoms. The van der Waals surface area contributed by atoms with E-state index in [1.54, 1.807) is 11.0 Å². The number of rotatable bonds is 15. The molecule has 2 aliphatic heterocycles. The third-order valence-electron chi connectivity index (χ3n) is 7.83. The minimum absolute atomic E-state index is 0.121. The first-order valence-corrected chi connectivity index (χ1v) is 14.8. The number of hydrogen-bond donors (Lipinski definition) is 5. The van der Waals surface area contributed by atoms with Crippen molar-refractivity contribution >= 4 is 23.7 Å². The number of allylic oxidation sites excluding steroid dienone is 1. The van der Waals surface area contributed by atoms with Crippen molar-refractivity contribution in [3.63, 3.8) is 0 Å². The van der Waals surface area contributed by atoms with Gasteiger partial charge in [-0.3, -0.25) is 14.4 Å². The molecule has 0 bridgehead atoms. The van der Waals surface area contributed by atoms with Gasteiger partial charge in [0.2, 0.25) is 17.7 Å². The summed E-state index contributed by atoms with van der Waals surface area (Å²) in [5.74, 6) is -1.27. The van der Waals surface area contributed by atoms with Crippen molar-refractivity contribution in [1.29, 1.82) is 0 Å². The van der Waals surface area contributed by atoms with Crippen LogP contribution in [0.2, 0.25) is 0 Å². The molecule has 3 amide bonds. The van der Waals surface area contributed by atoms with Gasteiger partial charge in [-0.25, -0.2) is 4.79 Å². The molecule has 2 rings (SSSR count). The van der Waals surface area contributed by atoms with Crippen molar-refractivity contribution in [2.24, 2.45) is 17.8 Å². The van der Waals surface area contributed by atoms with Crippen molar-refractivity contribution in [3.05, 3.63) is 11.6 Å². The van der Waals surface area contributed by atoms with Crippen LogP contribution >= 0.6 is 0 Å². The third-order valence-corrected chi connectivity index (χ3v) is 7.83. The Balaban J connectivity index is 2.12. The first-order chi connectivity index (χ1) is 18.6. The molecule has 10 nitrogen and oxygen atoms in total. The van der Waals surface area contributed by atoms with E-state index >= 15 is 0 Å². The molecule has 2 saturated heterocycles. The maximum absolute atomic E-state index is 13.6. The summed E-state index contributed by atoms with van der Waals surface area (Å²) in [6, 6.07) is -1.82. The fourth-order valence-corrected chi connectivity index (χ4v) is 5.47. The average Bonchev–Trinajstić information content (AvgIpc) is 3.38. The Kier molecular flexibility index (Phi) is 13.9. The molecule has 39 heavy (non-hydrogen) atoms. The molecule has 0 aromatic rings.